The maximum Gasteiger partial charge on any atom is 0.416 e. The molecule has 2 atom stereocenters. The third-order valence-electron chi connectivity index (χ3n) is 6.86. The molecule has 2 heterocycles. The monoisotopic (exact) mass is 408 g/mol. The van der Waals surface area contributed by atoms with Crippen LogP contribution in [-0.4, -0.2) is 40.6 Å². The van der Waals surface area contributed by atoms with Gasteiger partial charge in [0.15, 0.2) is 0 Å². The average Bonchev–Trinajstić information content (AvgIpc) is 3.00. The first-order chi connectivity index (χ1) is 13.5. The largest absolute Gasteiger partial charge is 0.481 e. The summed E-state index contributed by atoms with van der Waals surface area (Å²) < 4.78 is 39.5. The van der Waals surface area contributed by atoms with E-state index in [-0.39, 0.29) is 0 Å². The van der Waals surface area contributed by atoms with Gasteiger partial charge in [-0.15, -0.1) is 0 Å². The molecule has 2 aromatic rings. The number of aromatic amines is 1. The van der Waals surface area contributed by atoms with E-state index in [2.05, 4.69) is 9.88 Å². The number of halogens is 3. The Bertz CT molecular complexity index is 932. The molecule has 4 rings (SSSR count). The fraction of sp³-hybridized carbons (Fsp3) is 0.591. The number of likely N-dealkylation sites (tertiary alicyclic amines) is 1. The van der Waals surface area contributed by atoms with Gasteiger partial charge in [0.25, 0.3) is 0 Å². The van der Waals surface area contributed by atoms with E-state index in [0.717, 1.165) is 61.7 Å². The Morgan fingerprint density at radius 3 is 2.69 bits per heavy atom. The van der Waals surface area contributed by atoms with Crippen molar-refractivity contribution in [1.82, 2.24) is 9.88 Å². The number of nitrogens with one attached hydrogen (secondary N) is 1. The van der Waals surface area contributed by atoms with E-state index < -0.39 is 23.1 Å². The Morgan fingerprint density at radius 2 is 2.00 bits per heavy atom. The van der Waals surface area contributed by atoms with Crippen LogP contribution in [-0.2, 0) is 23.8 Å². The molecule has 1 aromatic heterocycles. The lowest BCUT2D eigenvalue weighted by molar-refractivity contribution is -0.147. The van der Waals surface area contributed by atoms with Gasteiger partial charge in [-0.1, -0.05) is 0 Å². The molecule has 2 N–H and O–H groups in total. The number of fused-ring (bicyclic) bond motifs is 4. The summed E-state index contributed by atoms with van der Waals surface area (Å²) in [4.78, 5) is 17.0. The molecule has 0 bridgehead atoms. The first-order valence-electron chi connectivity index (χ1n) is 10.2. The molecule has 1 aromatic carbocycles. The first kappa shape index (κ1) is 20.3. The van der Waals surface area contributed by atoms with Crippen LogP contribution in [0.3, 0.4) is 0 Å². The lowest BCUT2D eigenvalue weighted by atomic mass is 9.73. The maximum absolute atomic E-state index is 13.2. The normalized spacial score (nSPS) is 23.1. The molecule has 1 saturated heterocycles. The maximum atomic E-state index is 13.2. The molecule has 7 heteroatoms. The molecule has 158 valence electrons. The Morgan fingerprint density at radius 1 is 1.24 bits per heavy atom. The minimum Gasteiger partial charge on any atom is -0.481 e. The number of hydrogen-bond acceptors (Lipinski definition) is 2. The van der Waals surface area contributed by atoms with Crippen LogP contribution in [0.15, 0.2) is 18.2 Å². The smallest absolute Gasteiger partial charge is 0.416 e. The van der Waals surface area contributed by atoms with Crippen LogP contribution in [0.2, 0.25) is 0 Å². The summed E-state index contributed by atoms with van der Waals surface area (Å²) in [6, 6.07) is 3.96. The highest BCUT2D eigenvalue weighted by atomic mass is 19.4. The highest BCUT2D eigenvalue weighted by Gasteiger charge is 2.37. The summed E-state index contributed by atoms with van der Waals surface area (Å²) in [6.45, 7) is 6.07. The number of hydrogen-bond donors (Lipinski definition) is 2. The fourth-order valence-electron chi connectivity index (χ4n) is 4.82. The summed E-state index contributed by atoms with van der Waals surface area (Å²) in [5.41, 5.74) is 1.54. The zero-order chi connectivity index (χ0) is 21.0. The standard InChI is InChI=1S/C22H27F3N2O2/c1-21(2,20(28)29)6-8-27-7-5-13-10-19-16(9-14(13)12-27)17-11-15(22(23,24)25)3-4-18(17)26-19/h3-4,11,13-14,26H,5-10,12H2,1-2H3,(H,28,29). The quantitative estimate of drug-likeness (QED) is 0.769. The van der Waals surface area contributed by atoms with Gasteiger partial charge >= 0.3 is 12.1 Å². The number of benzene rings is 1. The molecule has 0 radical (unpaired) electrons. The summed E-state index contributed by atoms with van der Waals surface area (Å²) in [5, 5.41) is 10.0. The minimum absolute atomic E-state index is 0.401. The SMILES string of the molecule is CC(C)(CCN1CCC2Cc3[nH]c4ccc(C(F)(F)F)cc4c3CC2C1)C(=O)O. The van der Waals surface area contributed by atoms with Crippen LogP contribution in [0.4, 0.5) is 13.2 Å². The van der Waals surface area contributed by atoms with Gasteiger partial charge in [-0.05, 0) is 88.2 Å². The molecule has 0 saturated carbocycles. The van der Waals surface area contributed by atoms with Crippen LogP contribution >= 0.6 is 0 Å². The predicted molar refractivity (Wildman–Crippen MR) is 105 cm³/mol. The molecule has 0 amide bonds. The Hall–Kier alpha value is -2.02. The molecule has 2 unspecified atom stereocenters. The van der Waals surface area contributed by atoms with Crippen molar-refractivity contribution >= 4 is 16.9 Å². The third-order valence-corrected chi connectivity index (χ3v) is 6.86. The van der Waals surface area contributed by atoms with Crippen LogP contribution in [0, 0.1) is 17.3 Å². The summed E-state index contributed by atoms with van der Waals surface area (Å²) in [7, 11) is 0. The van der Waals surface area contributed by atoms with Gasteiger partial charge in [-0.3, -0.25) is 4.79 Å². The van der Waals surface area contributed by atoms with Gasteiger partial charge < -0.3 is 15.0 Å². The van der Waals surface area contributed by atoms with Gasteiger partial charge in [0, 0.05) is 23.1 Å². The van der Waals surface area contributed by atoms with Crippen molar-refractivity contribution in [2.45, 2.75) is 45.7 Å². The van der Waals surface area contributed by atoms with E-state index >= 15 is 0 Å². The van der Waals surface area contributed by atoms with Crippen molar-refractivity contribution in [3.8, 4) is 0 Å². The molecular weight excluding hydrogens is 381 g/mol. The molecule has 2 aliphatic rings. The second kappa shape index (κ2) is 7.04. The van der Waals surface area contributed by atoms with Crippen molar-refractivity contribution in [3.05, 3.63) is 35.0 Å². The Balaban J connectivity index is 1.52. The van der Waals surface area contributed by atoms with Crippen molar-refractivity contribution in [2.24, 2.45) is 17.3 Å². The van der Waals surface area contributed by atoms with Crippen molar-refractivity contribution in [2.75, 3.05) is 19.6 Å². The average molecular weight is 408 g/mol. The van der Waals surface area contributed by atoms with Gasteiger partial charge in [-0.2, -0.15) is 13.2 Å². The highest BCUT2D eigenvalue weighted by Crippen LogP contribution is 2.40. The van der Waals surface area contributed by atoms with E-state index in [1.54, 1.807) is 19.9 Å². The summed E-state index contributed by atoms with van der Waals surface area (Å²) in [5.74, 6) is 0.146. The number of nitrogens with zero attached hydrogens (tertiary/aromatic N) is 1. The minimum atomic E-state index is -4.34. The summed E-state index contributed by atoms with van der Waals surface area (Å²) in [6.07, 6.45) is -1.05. The van der Waals surface area contributed by atoms with Gasteiger partial charge in [0.1, 0.15) is 0 Å². The lowest BCUT2D eigenvalue weighted by Crippen LogP contribution is -2.45. The number of piperidine rings is 1. The van der Waals surface area contributed by atoms with Gasteiger partial charge in [-0.25, -0.2) is 0 Å². The number of carbonyl (C=O) groups is 1. The van der Waals surface area contributed by atoms with Crippen molar-refractivity contribution in [3.63, 3.8) is 0 Å². The molecule has 29 heavy (non-hydrogen) atoms. The number of H-pyrrole nitrogens is 1. The van der Waals surface area contributed by atoms with E-state index in [4.69, 9.17) is 0 Å². The summed E-state index contributed by atoms with van der Waals surface area (Å²) >= 11 is 0. The highest BCUT2D eigenvalue weighted by molar-refractivity contribution is 5.85. The third kappa shape index (κ3) is 3.89. The Labute approximate surface area is 168 Å². The van der Waals surface area contributed by atoms with E-state index in [1.807, 2.05) is 0 Å². The molecule has 1 aliphatic heterocycles. The van der Waals surface area contributed by atoms with Crippen LogP contribution in [0.25, 0.3) is 10.9 Å². The van der Waals surface area contributed by atoms with E-state index in [0.29, 0.717) is 23.6 Å². The number of rotatable bonds is 4. The number of alkyl halides is 3. The molecule has 4 nitrogen and oxygen atoms in total. The first-order valence-corrected chi connectivity index (χ1v) is 10.2. The zero-order valence-corrected chi connectivity index (χ0v) is 16.8. The molecule has 1 aliphatic carbocycles. The van der Waals surface area contributed by atoms with Crippen LogP contribution < -0.4 is 0 Å². The van der Waals surface area contributed by atoms with Crippen molar-refractivity contribution < 1.29 is 23.1 Å². The molecular formula is C22H27F3N2O2. The lowest BCUT2D eigenvalue weighted by Gasteiger charge is -2.42. The predicted octanol–water partition coefficient (Wildman–Crippen LogP) is 4.72. The second-order valence-electron chi connectivity index (χ2n) is 9.30. The second-order valence-corrected chi connectivity index (χ2v) is 9.30. The Kier molecular flexibility index (Phi) is 4.92. The number of aromatic nitrogens is 1. The molecule has 0 spiro atoms. The van der Waals surface area contributed by atoms with Gasteiger partial charge in [0.2, 0.25) is 0 Å². The van der Waals surface area contributed by atoms with Gasteiger partial charge in [0.05, 0.1) is 11.0 Å². The van der Waals surface area contributed by atoms with Crippen LogP contribution in [0.1, 0.15) is 43.5 Å². The fourth-order valence-corrected chi connectivity index (χ4v) is 4.82. The molecule has 1 fully saturated rings. The number of aliphatic carboxylic acids is 1. The van der Waals surface area contributed by atoms with Crippen LogP contribution in [0.5, 0.6) is 0 Å². The topological polar surface area (TPSA) is 56.3 Å². The van der Waals surface area contributed by atoms with E-state index in [1.165, 1.54) is 6.07 Å². The zero-order valence-electron chi connectivity index (χ0n) is 16.8. The number of carboxylic acids is 1. The van der Waals surface area contributed by atoms with Crippen molar-refractivity contribution in [1.29, 1.82) is 0 Å². The van der Waals surface area contributed by atoms with E-state index in [9.17, 15) is 23.1 Å². The number of carboxylic acid groups (broad SMARTS) is 1.